The van der Waals surface area contributed by atoms with Crippen LogP contribution in [0.4, 0.5) is 0 Å². The van der Waals surface area contributed by atoms with Crippen molar-refractivity contribution in [2.75, 3.05) is 13.1 Å². The van der Waals surface area contributed by atoms with E-state index in [1.54, 1.807) is 0 Å². The van der Waals surface area contributed by atoms with Crippen LogP contribution in [0.5, 0.6) is 0 Å². The van der Waals surface area contributed by atoms with Gasteiger partial charge in [-0.05, 0) is 56.2 Å². The van der Waals surface area contributed by atoms with Gasteiger partial charge in [-0.3, -0.25) is 9.78 Å². The van der Waals surface area contributed by atoms with Crippen LogP contribution in [0.25, 0.3) is 22.2 Å². The van der Waals surface area contributed by atoms with E-state index >= 15 is 0 Å². The summed E-state index contributed by atoms with van der Waals surface area (Å²) in [7, 11) is 0. The Morgan fingerprint density at radius 2 is 1.90 bits per heavy atom. The second kappa shape index (κ2) is 7.79. The topological polar surface area (TPSA) is 46.3 Å². The molecule has 5 rings (SSSR count). The fourth-order valence-corrected chi connectivity index (χ4v) is 4.34. The Kier molecular flexibility index (Phi) is 4.83. The minimum absolute atomic E-state index is 0.0830. The molecule has 30 heavy (non-hydrogen) atoms. The Balaban J connectivity index is 1.37. The molecule has 1 fully saturated rings. The summed E-state index contributed by atoms with van der Waals surface area (Å²) in [6.07, 6.45) is 2.04. The van der Waals surface area contributed by atoms with E-state index < -0.39 is 0 Å². The molecular formula is C26H24N2O2. The van der Waals surface area contributed by atoms with Gasteiger partial charge in [0.15, 0.2) is 0 Å². The number of hydrogen-bond donors (Lipinski definition) is 0. The van der Waals surface area contributed by atoms with Gasteiger partial charge in [-0.15, -0.1) is 0 Å². The van der Waals surface area contributed by atoms with Crippen molar-refractivity contribution in [3.63, 3.8) is 0 Å². The highest BCUT2D eigenvalue weighted by atomic mass is 16.3. The summed E-state index contributed by atoms with van der Waals surface area (Å²) >= 11 is 0. The van der Waals surface area contributed by atoms with Crippen molar-refractivity contribution in [1.82, 2.24) is 9.88 Å². The first-order valence-electron chi connectivity index (χ1n) is 10.5. The zero-order valence-corrected chi connectivity index (χ0v) is 17.0. The van der Waals surface area contributed by atoms with Crippen LogP contribution in [-0.4, -0.2) is 28.9 Å². The summed E-state index contributed by atoms with van der Waals surface area (Å²) in [4.78, 5) is 20.1. The molecular weight excluding hydrogens is 372 g/mol. The molecule has 4 heteroatoms. The first-order chi connectivity index (χ1) is 14.7. The molecule has 1 aliphatic heterocycles. The number of hydrogen-bond acceptors (Lipinski definition) is 3. The highest BCUT2D eigenvalue weighted by molar-refractivity contribution is 5.98. The third-order valence-corrected chi connectivity index (χ3v) is 5.85. The maximum absolute atomic E-state index is 13.2. The number of nitrogens with zero attached hydrogens (tertiary/aromatic N) is 2. The zero-order valence-electron chi connectivity index (χ0n) is 17.0. The Morgan fingerprint density at radius 1 is 1.03 bits per heavy atom. The highest BCUT2D eigenvalue weighted by Crippen LogP contribution is 2.29. The second-order valence-corrected chi connectivity index (χ2v) is 8.01. The van der Waals surface area contributed by atoms with E-state index in [9.17, 15) is 4.79 Å². The number of pyridine rings is 1. The minimum Gasteiger partial charge on any atom is -0.461 e. The quantitative estimate of drug-likeness (QED) is 0.438. The van der Waals surface area contributed by atoms with E-state index in [0.29, 0.717) is 6.54 Å². The van der Waals surface area contributed by atoms with Gasteiger partial charge in [-0.25, -0.2) is 0 Å². The standard InChI is InChI=1S/C26H24N2O2/c1-18-15-22-16-20(12-13-25(22)30-18)26(29)28-14-6-9-21(17-28)24-11-5-10-23(27-24)19-7-3-2-4-8-19/h2-5,7-8,10-13,15-16,21H,6,9,14,17H2,1H3/t21-/m0/s1. The van der Waals surface area contributed by atoms with Crippen LogP contribution in [0.3, 0.4) is 0 Å². The molecule has 0 aliphatic carbocycles. The molecule has 3 heterocycles. The lowest BCUT2D eigenvalue weighted by Crippen LogP contribution is -2.39. The summed E-state index contributed by atoms with van der Waals surface area (Å²) < 4.78 is 5.64. The van der Waals surface area contributed by atoms with Crippen LogP contribution in [0.1, 0.15) is 40.6 Å². The number of furan rings is 1. The van der Waals surface area contributed by atoms with Crippen molar-refractivity contribution in [2.45, 2.75) is 25.7 Å². The van der Waals surface area contributed by atoms with Crippen LogP contribution in [0.15, 0.2) is 77.2 Å². The van der Waals surface area contributed by atoms with Crippen LogP contribution >= 0.6 is 0 Å². The van der Waals surface area contributed by atoms with Crippen molar-refractivity contribution in [3.05, 3.63) is 89.8 Å². The van der Waals surface area contributed by atoms with E-state index in [1.807, 2.05) is 60.4 Å². The lowest BCUT2D eigenvalue weighted by Gasteiger charge is -2.32. The lowest BCUT2D eigenvalue weighted by atomic mass is 9.93. The number of carbonyl (C=O) groups excluding carboxylic acids is 1. The van der Waals surface area contributed by atoms with Crippen LogP contribution in [0, 0.1) is 6.92 Å². The summed E-state index contributed by atoms with van der Waals surface area (Å²) in [5.41, 5.74) is 4.70. The Labute approximate surface area is 176 Å². The molecule has 1 aliphatic rings. The van der Waals surface area contributed by atoms with Crippen molar-refractivity contribution in [2.24, 2.45) is 0 Å². The molecule has 4 aromatic rings. The molecule has 2 aromatic heterocycles. The van der Waals surface area contributed by atoms with E-state index in [0.717, 1.165) is 58.6 Å². The highest BCUT2D eigenvalue weighted by Gasteiger charge is 2.26. The number of rotatable bonds is 3. The third-order valence-electron chi connectivity index (χ3n) is 5.85. The maximum atomic E-state index is 13.2. The molecule has 1 amide bonds. The number of likely N-dealkylation sites (tertiary alicyclic amines) is 1. The van der Waals surface area contributed by atoms with E-state index in [2.05, 4.69) is 24.3 Å². The largest absolute Gasteiger partial charge is 0.461 e. The molecule has 0 saturated carbocycles. The molecule has 1 atom stereocenters. The van der Waals surface area contributed by atoms with Gasteiger partial charge in [-0.2, -0.15) is 0 Å². The van der Waals surface area contributed by atoms with Gasteiger partial charge in [0.1, 0.15) is 11.3 Å². The molecule has 150 valence electrons. The van der Waals surface area contributed by atoms with Gasteiger partial charge in [0, 0.05) is 41.2 Å². The van der Waals surface area contributed by atoms with Crippen LogP contribution < -0.4 is 0 Å². The van der Waals surface area contributed by atoms with Crippen LogP contribution in [0.2, 0.25) is 0 Å². The van der Waals surface area contributed by atoms with Gasteiger partial charge in [0.2, 0.25) is 0 Å². The molecule has 2 aromatic carbocycles. The Hall–Kier alpha value is -3.40. The minimum atomic E-state index is 0.0830. The first-order valence-corrected chi connectivity index (χ1v) is 10.5. The van der Waals surface area contributed by atoms with E-state index in [-0.39, 0.29) is 11.8 Å². The molecule has 0 spiro atoms. The number of carbonyl (C=O) groups is 1. The normalized spacial score (nSPS) is 16.7. The molecule has 1 saturated heterocycles. The van der Waals surface area contributed by atoms with Crippen molar-refractivity contribution < 1.29 is 9.21 Å². The summed E-state index contributed by atoms with van der Waals surface area (Å²) in [5.74, 6) is 1.20. The predicted molar refractivity (Wildman–Crippen MR) is 119 cm³/mol. The average Bonchev–Trinajstić information content (AvgIpc) is 3.18. The fourth-order valence-electron chi connectivity index (χ4n) is 4.34. The summed E-state index contributed by atoms with van der Waals surface area (Å²) in [6, 6.07) is 24.1. The zero-order chi connectivity index (χ0) is 20.5. The van der Waals surface area contributed by atoms with Gasteiger partial charge >= 0.3 is 0 Å². The number of benzene rings is 2. The summed E-state index contributed by atoms with van der Waals surface area (Å²) in [6.45, 7) is 3.41. The van der Waals surface area contributed by atoms with Crippen molar-refractivity contribution in [3.8, 4) is 11.3 Å². The molecule has 0 N–H and O–H groups in total. The number of amides is 1. The molecule has 0 radical (unpaired) electrons. The maximum Gasteiger partial charge on any atom is 0.253 e. The van der Waals surface area contributed by atoms with Crippen molar-refractivity contribution in [1.29, 1.82) is 0 Å². The number of aryl methyl sites for hydroxylation is 1. The smallest absolute Gasteiger partial charge is 0.253 e. The fraction of sp³-hybridized carbons (Fsp3) is 0.231. The number of aromatic nitrogens is 1. The van der Waals surface area contributed by atoms with Gasteiger partial charge < -0.3 is 9.32 Å². The summed E-state index contributed by atoms with van der Waals surface area (Å²) in [5, 5.41) is 0.976. The number of piperidine rings is 1. The monoisotopic (exact) mass is 396 g/mol. The van der Waals surface area contributed by atoms with Gasteiger partial charge in [0.05, 0.1) is 5.69 Å². The molecule has 0 unspecified atom stereocenters. The van der Waals surface area contributed by atoms with Gasteiger partial charge in [-0.1, -0.05) is 36.4 Å². The van der Waals surface area contributed by atoms with E-state index in [4.69, 9.17) is 9.40 Å². The Bertz CT molecular complexity index is 1200. The van der Waals surface area contributed by atoms with Gasteiger partial charge in [0.25, 0.3) is 5.91 Å². The van der Waals surface area contributed by atoms with Crippen molar-refractivity contribution >= 4 is 16.9 Å². The van der Waals surface area contributed by atoms with E-state index in [1.165, 1.54) is 0 Å². The SMILES string of the molecule is Cc1cc2cc(C(=O)N3CCC[C@H](c4cccc(-c5ccccc5)n4)C3)ccc2o1. The third kappa shape index (κ3) is 3.61. The molecule has 4 nitrogen and oxygen atoms in total. The second-order valence-electron chi connectivity index (χ2n) is 8.01. The first kappa shape index (κ1) is 18.6. The lowest BCUT2D eigenvalue weighted by molar-refractivity contribution is 0.0706. The van der Waals surface area contributed by atoms with Crippen LogP contribution in [-0.2, 0) is 0 Å². The molecule has 0 bridgehead atoms. The Morgan fingerprint density at radius 3 is 2.77 bits per heavy atom. The number of fused-ring (bicyclic) bond motifs is 1. The average molecular weight is 396 g/mol. The predicted octanol–water partition coefficient (Wildman–Crippen LogP) is 5.82.